The number of hydrogen-bond acceptors (Lipinski definition) is 1. The van der Waals surface area contributed by atoms with E-state index in [0.29, 0.717) is 22.7 Å². The van der Waals surface area contributed by atoms with Crippen molar-refractivity contribution in [3.8, 4) is 0 Å². The van der Waals surface area contributed by atoms with Gasteiger partial charge >= 0.3 is 0 Å². The molecule has 6 aliphatic carbocycles. The Balaban J connectivity index is 1.08. The lowest BCUT2D eigenvalue weighted by atomic mass is 9.47. The Labute approximate surface area is 317 Å². The molecular formula is C50H82O. The van der Waals surface area contributed by atoms with Crippen LogP contribution in [0.2, 0.25) is 0 Å². The normalized spacial score (nSPS) is 37.8. The molecule has 1 nitrogen and oxygen atoms in total. The van der Waals surface area contributed by atoms with Crippen LogP contribution in [-0.2, 0) is 4.74 Å². The van der Waals surface area contributed by atoms with Gasteiger partial charge in [-0.2, -0.15) is 0 Å². The molecule has 0 atom stereocenters. The first-order valence-electron chi connectivity index (χ1n) is 23.3. The molecule has 4 fully saturated rings. The van der Waals surface area contributed by atoms with E-state index in [2.05, 4.69) is 76.3 Å². The lowest BCUT2D eigenvalue weighted by Gasteiger charge is -2.57. The Bertz CT molecular complexity index is 1020. The first-order valence-corrected chi connectivity index (χ1v) is 23.3. The zero-order valence-corrected chi connectivity index (χ0v) is 34.3. The third-order valence-electron chi connectivity index (χ3n) is 16.5. The molecule has 0 bridgehead atoms. The standard InChI is InChI=1S/C50H82O/c1-5-15-41-17-21-45(22-18-41)49(31-11-9-12-32-49)47(29-7-3)35-25-43(26-36-47)39-51-40-44-27-37-48(30-8-4,38-28-44)50(33-13-10-14-34-50)46-23-19-42(16-6-2)20-24-46/h25-28,35-38,41-46H,5-24,29-34,39-40H2,1-4H3/t41-,42-,43-,44-,45-,46-,47-,48-. The fourth-order valence-corrected chi connectivity index (χ4v) is 14.0. The van der Waals surface area contributed by atoms with Crippen molar-refractivity contribution in [3.05, 3.63) is 48.6 Å². The highest BCUT2D eigenvalue weighted by Crippen LogP contribution is 2.64. The summed E-state index contributed by atoms with van der Waals surface area (Å²) >= 11 is 0. The monoisotopic (exact) mass is 699 g/mol. The Kier molecular flexibility index (Phi) is 14.4. The second-order valence-corrected chi connectivity index (χ2v) is 19.3. The van der Waals surface area contributed by atoms with E-state index in [0.717, 1.165) is 36.9 Å². The molecular weight excluding hydrogens is 617 g/mol. The van der Waals surface area contributed by atoms with Gasteiger partial charge < -0.3 is 4.74 Å². The van der Waals surface area contributed by atoms with E-state index in [1.807, 2.05) is 0 Å². The molecule has 0 aromatic carbocycles. The van der Waals surface area contributed by atoms with Crippen molar-refractivity contribution in [3.63, 3.8) is 0 Å². The van der Waals surface area contributed by atoms with E-state index in [9.17, 15) is 0 Å². The summed E-state index contributed by atoms with van der Waals surface area (Å²) in [6.07, 6.45) is 58.5. The summed E-state index contributed by atoms with van der Waals surface area (Å²) in [6, 6.07) is 0. The summed E-state index contributed by atoms with van der Waals surface area (Å²) in [5.74, 6) is 4.64. The molecule has 288 valence electrons. The molecule has 0 saturated heterocycles. The molecule has 6 aliphatic rings. The van der Waals surface area contributed by atoms with E-state index >= 15 is 0 Å². The summed E-state index contributed by atoms with van der Waals surface area (Å²) in [5.41, 5.74) is 1.46. The van der Waals surface area contributed by atoms with Crippen molar-refractivity contribution in [2.24, 2.45) is 57.2 Å². The van der Waals surface area contributed by atoms with Crippen LogP contribution in [0.1, 0.15) is 195 Å². The maximum Gasteiger partial charge on any atom is 0.0563 e. The van der Waals surface area contributed by atoms with E-state index in [-0.39, 0.29) is 10.8 Å². The number of hydrogen-bond donors (Lipinski definition) is 0. The Morgan fingerprint density at radius 3 is 1.12 bits per heavy atom. The summed E-state index contributed by atoms with van der Waals surface area (Å²) in [6.45, 7) is 11.3. The summed E-state index contributed by atoms with van der Waals surface area (Å²) in [4.78, 5) is 0. The molecule has 0 aliphatic heterocycles. The minimum absolute atomic E-state index is 0.253. The van der Waals surface area contributed by atoms with Crippen molar-refractivity contribution in [2.75, 3.05) is 13.2 Å². The fraction of sp³-hybridized carbons (Fsp3) is 0.840. The van der Waals surface area contributed by atoms with Crippen LogP contribution in [0.25, 0.3) is 0 Å². The first kappa shape index (κ1) is 39.6. The zero-order valence-electron chi connectivity index (χ0n) is 34.3. The van der Waals surface area contributed by atoms with E-state index in [1.54, 1.807) is 0 Å². The third kappa shape index (κ3) is 8.45. The van der Waals surface area contributed by atoms with E-state index in [4.69, 9.17) is 4.74 Å². The molecule has 0 N–H and O–H groups in total. The van der Waals surface area contributed by atoms with Crippen LogP contribution in [0.5, 0.6) is 0 Å². The van der Waals surface area contributed by atoms with Crippen molar-refractivity contribution in [1.29, 1.82) is 0 Å². The molecule has 4 saturated carbocycles. The molecule has 0 heterocycles. The summed E-state index contributed by atoms with van der Waals surface area (Å²) in [5, 5.41) is 0. The largest absolute Gasteiger partial charge is 0.380 e. The van der Waals surface area contributed by atoms with Gasteiger partial charge in [-0.05, 0) is 98.7 Å². The molecule has 51 heavy (non-hydrogen) atoms. The van der Waals surface area contributed by atoms with Crippen molar-refractivity contribution < 1.29 is 4.74 Å². The van der Waals surface area contributed by atoms with Crippen LogP contribution in [0, 0.1) is 57.2 Å². The maximum absolute atomic E-state index is 6.61. The minimum atomic E-state index is 0.253. The molecule has 0 unspecified atom stereocenters. The van der Waals surface area contributed by atoms with Crippen LogP contribution in [0.3, 0.4) is 0 Å². The van der Waals surface area contributed by atoms with Crippen LogP contribution < -0.4 is 0 Å². The quantitative estimate of drug-likeness (QED) is 0.146. The third-order valence-corrected chi connectivity index (χ3v) is 16.5. The first-order chi connectivity index (χ1) is 25.0. The predicted molar refractivity (Wildman–Crippen MR) is 221 cm³/mol. The summed E-state index contributed by atoms with van der Waals surface area (Å²) in [7, 11) is 0. The molecule has 0 aromatic rings. The average Bonchev–Trinajstić information content (AvgIpc) is 3.18. The SMILES string of the molecule is CCC[C@H]1CC[C@H](C2([C@]3(CCC)C=C[C@@H](COC[C@H]4C=C[C@](CCC)(C5([C@H]6CC[C@H](CCC)CC6)CCCCC5)C=C4)C=C3)CCCCC2)CC1. The molecule has 0 aromatic heterocycles. The Morgan fingerprint density at radius 2 is 0.804 bits per heavy atom. The highest BCUT2D eigenvalue weighted by Gasteiger charge is 2.54. The second kappa shape index (κ2) is 18.5. The van der Waals surface area contributed by atoms with Crippen LogP contribution in [0.4, 0.5) is 0 Å². The van der Waals surface area contributed by atoms with Gasteiger partial charge in [0.1, 0.15) is 0 Å². The highest BCUT2D eigenvalue weighted by atomic mass is 16.5. The highest BCUT2D eigenvalue weighted by molar-refractivity contribution is 5.28. The fourth-order valence-electron chi connectivity index (χ4n) is 14.0. The molecule has 6 rings (SSSR count). The van der Waals surface area contributed by atoms with Gasteiger partial charge in [-0.1, -0.05) is 179 Å². The van der Waals surface area contributed by atoms with E-state index in [1.165, 1.54) is 167 Å². The van der Waals surface area contributed by atoms with E-state index < -0.39 is 0 Å². The Morgan fingerprint density at radius 1 is 0.451 bits per heavy atom. The maximum atomic E-state index is 6.61. The topological polar surface area (TPSA) is 9.23 Å². The minimum Gasteiger partial charge on any atom is -0.380 e. The number of rotatable bonds is 16. The number of allylic oxidation sites excluding steroid dienone is 4. The lowest BCUT2D eigenvalue weighted by molar-refractivity contribution is -0.0287. The zero-order chi connectivity index (χ0) is 35.6. The van der Waals surface area contributed by atoms with Gasteiger partial charge in [0, 0.05) is 22.7 Å². The second-order valence-electron chi connectivity index (χ2n) is 19.3. The van der Waals surface area contributed by atoms with Crippen molar-refractivity contribution in [2.45, 2.75) is 195 Å². The smallest absolute Gasteiger partial charge is 0.0563 e. The van der Waals surface area contributed by atoms with Gasteiger partial charge in [-0.3, -0.25) is 0 Å². The lowest BCUT2D eigenvalue weighted by Crippen LogP contribution is -2.48. The van der Waals surface area contributed by atoms with Gasteiger partial charge in [0.15, 0.2) is 0 Å². The molecule has 0 amide bonds. The number of ether oxygens (including phenoxy) is 1. The van der Waals surface area contributed by atoms with Crippen molar-refractivity contribution >= 4 is 0 Å². The molecule has 0 spiro atoms. The summed E-state index contributed by atoms with van der Waals surface area (Å²) < 4.78 is 6.61. The van der Waals surface area contributed by atoms with Crippen molar-refractivity contribution in [1.82, 2.24) is 0 Å². The molecule has 1 heteroatoms. The van der Waals surface area contributed by atoms with Crippen LogP contribution in [0.15, 0.2) is 48.6 Å². The van der Waals surface area contributed by atoms with Gasteiger partial charge in [0.25, 0.3) is 0 Å². The van der Waals surface area contributed by atoms with Gasteiger partial charge in [-0.25, -0.2) is 0 Å². The van der Waals surface area contributed by atoms with Crippen LogP contribution >= 0.6 is 0 Å². The predicted octanol–water partition coefficient (Wildman–Crippen LogP) is 15.2. The molecule has 0 radical (unpaired) electrons. The van der Waals surface area contributed by atoms with Gasteiger partial charge in [0.2, 0.25) is 0 Å². The average molecular weight is 699 g/mol. The van der Waals surface area contributed by atoms with Gasteiger partial charge in [0.05, 0.1) is 13.2 Å². The Hall–Kier alpha value is -1.08. The van der Waals surface area contributed by atoms with Crippen LogP contribution in [-0.4, -0.2) is 13.2 Å². The van der Waals surface area contributed by atoms with Gasteiger partial charge in [-0.15, -0.1) is 0 Å².